The molecule has 1 atom stereocenters. The van der Waals surface area contributed by atoms with Gasteiger partial charge in [0.15, 0.2) is 0 Å². The van der Waals surface area contributed by atoms with Crippen molar-refractivity contribution in [1.29, 1.82) is 0 Å². The molecule has 0 saturated carbocycles. The number of hydrogen-bond acceptors (Lipinski definition) is 4. The Morgan fingerprint density at radius 1 is 1.35 bits per heavy atom. The zero-order chi connectivity index (χ0) is 17.2. The summed E-state index contributed by atoms with van der Waals surface area (Å²) in [6.07, 6.45) is 0.977. The lowest BCUT2D eigenvalue weighted by molar-refractivity contribution is -0.148. The lowest BCUT2D eigenvalue weighted by Crippen LogP contribution is -2.45. The number of hydrogen-bond donors (Lipinski definition) is 1. The smallest absolute Gasteiger partial charge is 0.326 e. The predicted octanol–water partition coefficient (Wildman–Crippen LogP) is 1.04. The lowest BCUT2D eigenvalue weighted by atomic mass is 10.2. The van der Waals surface area contributed by atoms with E-state index >= 15 is 0 Å². The minimum Gasteiger partial charge on any atom is -0.480 e. The molecule has 126 valence electrons. The minimum atomic E-state index is -3.84. The van der Waals surface area contributed by atoms with Gasteiger partial charge in [-0.25, -0.2) is 13.2 Å². The Labute approximate surface area is 139 Å². The summed E-state index contributed by atoms with van der Waals surface area (Å²) in [4.78, 5) is 24.6. The fraction of sp³-hybridized carbons (Fsp3) is 0.429. The summed E-state index contributed by atoms with van der Waals surface area (Å²) < 4.78 is 25.7. The van der Waals surface area contributed by atoms with E-state index < -0.39 is 34.5 Å². The van der Waals surface area contributed by atoms with Crippen LogP contribution in [-0.4, -0.2) is 60.8 Å². The number of carbonyl (C=O) groups is 2. The summed E-state index contributed by atoms with van der Waals surface area (Å²) in [7, 11) is -2.55. The Hall–Kier alpha value is -1.64. The third kappa shape index (κ3) is 3.82. The van der Waals surface area contributed by atoms with Gasteiger partial charge in [0.25, 0.3) is 0 Å². The molecule has 7 nitrogen and oxygen atoms in total. The third-order valence-corrected chi connectivity index (χ3v) is 5.81. The van der Waals surface area contributed by atoms with E-state index in [0.29, 0.717) is 24.4 Å². The average Bonchev–Trinajstić information content (AvgIpc) is 2.97. The first-order valence-electron chi connectivity index (χ1n) is 6.97. The zero-order valence-electron chi connectivity index (χ0n) is 12.5. The van der Waals surface area contributed by atoms with Crippen LogP contribution < -0.4 is 0 Å². The van der Waals surface area contributed by atoms with Crippen LogP contribution in [0.5, 0.6) is 0 Å². The average molecular weight is 361 g/mol. The molecule has 1 aliphatic rings. The van der Waals surface area contributed by atoms with Crippen LogP contribution in [-0.2, 0) is 19.6 Å². The number of likely N-dealkylation sites (tertiary alicyclic amines) is 1. The van der Waals surface area contributed by atoms with Gasteiger partial charge >= 0.3 is 5.97 Å². The highest BCUT2D eigenvalue weighted by molar-refractivity contribution is 7.89. The van der Waals surface area contributed by atoms with Gasteiger partial charge in [-0.15, -0.1) is 0 Å². The number of nitrogens with zero attached hydrogens (tertiary/aromatic N) is 2. The SMILES string of the molecule is CN(CC(=O)N1CCC[C@@H]1C(=O)O)S(=O)(=O)c1ccc(Cl)cc1. The summed E-state index contributed by atoms with van der Waals surface area (Å²) in [6.45, 7) is -0.0840. The molecule has 1 aromatic rings. The number of sulfonamides is 1. The second kappa shape index (κ2) is 6.86. The summed E-state index contributed by atoms with van der Waals surface area (Å²) in [5, 5.41) is 9.50. The first kappa shape index (κ1) is 17.7. The number of halogens is 1. The molecule has 1 heterocycles. The molecule has 0 aliphatic carbocycles. The zero-order valence-corrected chi connectivity index (χ0v) is 14.0. The summed E-state index contributed by atoms with van der Waals surface area (Å²) in [5.74, 6) is -1.59. The van der Waals surface area contributed by atoms with Gasteiger partial charge in [-0.2, -0.15) is 4.31 Å². The van der Waals surface area contributed by atoms with Gasteiger partial charge in [-0.05, 0) is 37.1 Å². The number of carboxylic acids is 1. The van der Waals surface area contributed by atoms with Crippen LogP contribution in [0.25, 0.3) is 0 Å². The van der Waals surface area contributed by atoms with Crippen LogP contribution in [0.1, 0.15) is 12.8 Å². The first-order valence-corrected chi connectivity index (χ1v) is 8.79. The van der Waals surface area contributed by atoms with Gasteiger partial charge in [0.1, 0.15) is 6.04 Å². The molecular weight excluding hydrogens is 344 g/mol. The number of likely N-dealkylation sites (N-methyl/N-ethyl adjacent to an activating group) is 1. The van der Waals surface area contributed by atoms with Crippen molar-refractivity contribution >= 4 is 33.5 Å². The maximum Gasteiger partial charge on any atom is 0.326 e. The van der Waals surface area contributed by atoms with Crippen molar-refractivity contribution in [3.63, 3.8) is 0 Å². The lowest BCUT2D eigenvalue weighted by Gasteiger charge is -2.24. The topological polar surface area (TPSA) is 95.0 Å². The maximum atomic E-state index is 12.4. The van der Waals surface area contributed by atoms with Gasteiger partial charge in [-0.3, -0.25) is 4.79 Å². The van der Waals surface area contributed by atoms with Crippen molar-refractivity contribution in [3.8, 4) is 0 Å². The Morgan fingerprint density at radius 3 is 2.52 bits per heavy atom. The fourth-order valence-electron chi connectivity index (χ4n) is 2.47. The van der Waals surface area contributed by atoms with E-state index in [4.69, 9.17) is 16.7 Å². The third-order valence-electron chi connectivity index (χ3n) is 3.74. The van der Waals surface area contributed by atoms with Gasteiger partial charge < -0.3 is 10.0 Å². The van der Waals surface area contributed by atoms with Crippen LogP contribution in [0, 0.1) is 0 Å². The largest absolute Gasteiger partial charge is 0.480 e. The molecule has 1 aromatic carbocycles. The molecule has 0 aromatic heterocycles. The van der Waals surface area contributed by atoms with Gasteiger partial charge in [0, 0.05) is 18.6 Å². The Morgan fingerprint density at radius 2 is 1.96 bits per heavy atom. The Balaban J connectivity index is 2.11. The number of rotatable bonds is 5. The minimum absolute atomic E-state index is 0.0217. The molecule has 1 saturated heterocycles. The van der Waals surface area contributed by atoms with Crippen molar-refractivity contribution in [2.75, 3.05) is 20.1 Å². The number of carboxylic acid groups (broad SMARTS) is 1. The van der Waals surface area contributed by atoms with Crippen molar-refractivity contribution in [3.05, 3.63) is 29.3 Å². The predicted molar refractivity (Wildman–Crippen MR) is 83.6 cm³/mol. The molecule has 2 rings (SSSR count). The molecule has 23 heavy (non-hydrogen) atoms. The normalized spacial score (nSPS) is 18.4. The van der Waals surface area contributed by atoms with Crippen molar-refractivity contribution in [1.82, 2.24) is 9.21 Å². The maximum absolute atomic E-state index is 12.4. The fourth-order valence-corrected chi connectivity index (χ4v) is 3.72. The molecule has 1 N–H and O–H groups in total. The molecule has 0 bridgehead atoms. The highest BCUT2D eigenvalue weighted by Gasteiger charge is 2.35. The van der Waals surface area contributed by atoms with E-state index in [9.17, 15) is 18.0 Å². The van der Waals surface area contributed by atoms with E-state index in [1.807, 2.05) is 0 Å². The highest BCUT2D eigenvalue weighted by Crippen LogP contribution is 2.20. The standard InChI is InChI=1S/C14H17ClN2O5S/c1-16(23(21,22)11-6-4-10(15)5-7-11)9-13(18)17-8-2-3-12(17)14(19)20/h4-7,12H,2-3,8-9H2,1H3,(H,19,20)/t12-/m1/s1. The van der Waals surface area contributed by atoms with E-state index in [0.717, 1.165) is 4.31 Å². The molecule has 1 fully saturated rings. The van der Waals surface area contributed by atoms with Crippen LogP contribution in [0.15, 0.2) is 29.2 Å². The summed E-state index contributed by atoms with van der Waals surface area (Å²) in [6, 6.07) is 4.73. The molecule has 1 aliphatic heterocycles. The van der Waals surface area contributed by atoms with E-state index in [2.05, 4.69) is 0 Å². The highest BCUT2D eigenvalue weighted by atomic mass is 35.5. The van der Waals surface area contributed by atoms with Crippen LogP contribution >= 0.6 is 11.6 Å². The molecule has 1 amide bonds. The van der Waals surface area contributed by atoms with Crippen LogP contribution in [0.2, 0.25) is 5.02 Å². The number of aliphatic carboxylic acids is 1. The number of amides is 1. The second-order valence-corrected chi connectivity index (χ2v) is 7.78. The number of carbonyl (C=O) groups excluding carboxylic acids is 1. The van der Waals surface area contributed by atoms with Crippen molar-refractivity contribution in [2.24, 2.45) is 0 Å². The van der Waals surface area contributed by atoms with E-state index in [1.165, 1.54) is 36.2 Å². The molecule has 9 heteroatoms. The quantitative estimate of drug-likeness (QED) is 0.846. The first-order chi connectivity index (χ1) is 10.7. The molecular formula is C14H17ClN2O5S. The summed E-state index contributed by atoms with van der Waals surface area (Å²) in [5.41, 5.74) is 0. The summed E-state index contributed by atoms with van der Waals surface area (Å²) >= 11 is 5.73. The molecule has 0 radical (unpaired) electrons. The van der Waals surface area contributed by atoms with E-state index in [-0.39, 0.29) is 4.90 Å². The van der Waals surface area contributed by atoms with Crippen molar-refractivity contribution < 1.29 is 23.1 Å². The number of benzene rings is 1. The molecule has 0 spiro atoms. The van der Waals surface area contributed by atoms with Crippen LogP contribution in [0.4, 0.5) is 0 Å². The Bertz CT molecular complexity index is 704. The Kier molecular flexibility index (Phi) is 5.28. The van der Waals surface area contributed by atoms with Crippen molar-refractivity contribution in [2.45, 2.75) is 23.8 Å². The second-order valence-electron chi connectivity index (χ2n) is 5.30. The monoisotopic (exact) mass is 360 g/mol. The van der Waals surface area contributed by atoms with Gasteiger partial charge in [0.2, 0.25) is 15.9 Å². The molecule has 0 unspecified atom stereocenters. The van der Waals surface area contributed by atoms with E-state index in [1.54, 1.807) is 0 Å². The van der Waals surface area contributed by atoms with Gasteiger partial charge in [-0.1, -0.05) is 11.6 Å². The van der Waals surface area contributed by atoms with Crippen LogP contribution in [0.3, 0.4) is 0 Å². The van der Waals surface area contributed by atoms with Gasteiger partial charge in [0.05, 0.1) is 11.4 Å².